The Balaban J connectivity index is 1.74. The van der Waals surface area contributed by atoms with Crippen molar-refractivity contribution in [1.82, 2.24) is 25.0 Å². The molecule has 25 heavy (non-hydrogen) atoms. The number of fused-ring (bicyclic) bond motifs is 3. The summed E-state index contributed by atoms with van der Waals surface area (Å²) in [6, 6.07) is 8.36. The summed E-state index contributed by atoms with van der Waals surface area (Å²) < 4.78 is 29.1. The Hall–Kier alpha value is -3.62. The van der Waals surface area contributed by atoms with E-state index in [2.05, 4.69) is 26.0 Å². The lowest BCUT2D eigenvalue weighted by molar-refractivity contribution is 0.0956. The predicted octanol–water partition coefficient (Wildman–Crippen LogP) is 2.31. The van der Waals surface area contributed by atoms with Crippen molar-refractivity contribution in [2.45, 2.75) is 0 Å². The van der Waals surface area contributed by atoms with Crippen molar-refractivity contribution in [3.8, 4) is 0 Å². The van der Waals surface area contributed by atoms with Crippen LogP contribution in [0.1, 0.15) is 10.5 Å². The molecule has 4 aromatic rings. The van der Waals surface area contributed by atoms with Gasteiger partial charge >= 0.3 is 0 Å². The highest BCUT2D eigenvalue weighted by atomic mass is 19.1. The molecule has 2 N–H and O–H groups in total. The number of nitrogens with zero attached hydrogens (tertiary/aromatic N) is 4. The van der Waals surface area contributed by atoms with E-state index >= 15 is 0 Å². The third kappa shape index (κ3) is 2.61. The van der Waals surface area contributed by atoms with Crippen LogP contribution >= 0.6 is 0 Å². The molecule has 0 spiro atoms. The zero-order valence-corrected chi connectivity index (χ0v) is 12.6. The zero-order valence-electron chi connectivity index (χ0n) is 12.6. The largest absolute Gasteiger partial charge is 0.309 e. The van der Waals surface area contributed by atoms with E-state index < -0.39 is 17.5 Å². The van der Waals surface area contributed by atoms with Gasteiger partial charge in [0.25, 0.3) is 5.91 Å². The first kappa shape index (κ1) is 14.9. The molecule has 0 aliphatic rings. The molecule has 0 atom stereocenters. The molecule has 0 bridgehead atoms. The number of hydrogen-bond acceptors (Lipinski definition) is 5. The minimum absolute atomic E-state index is 0.109. The first-order valence-electron chi connectivity index (χ1n) is 7.23. The van der Waals surface area contributed by atoms with Gasteiger partial charge in [0.1, 0.15) is 11.3 Å². The Morgan fingerprint density at radius 1 is 1.16 bits per heavy atom. The monoisotopic (exact) mass is 340 g/mol. The smallest absolute Gasteiger partial charge is 0.290 e. The van der Waals surface area contributed by atoms with Crippen molar-refractivity contribution in [3.63, 3.8) is 0 Å². The van der Waals surface area contributed by atoms with Gasteiger partial charge in [0.2, 0.25) is 0 Å². The first-order chi connectivity index (χ1) is 12.1. The van der Waals surface area contributed by atoms with E-state index in [9.17, 15) is 13.6 Å². The van der Waals surface area contributed by atoms with Gasteiger partial charge < -0.3 is 4.40 Å². The average Bonchev–Trinajstić information content (AvgIpc) is 3.09. The molecule has 0 aliphatic heterocycles. The Bertz CT molecular complexity index is 1100. The van der Waals surface area contributed by atoms with Crippen LogP contribution in [0.15, 0.2) is 48.8 Å². The normalized spacial score (nSPS) is 11.0. The van der Waals surface area contributed by atoms with E-state index in [4.69, 9.17) is 0 Å². The summed E-state index contributed by atoms with van der Waals surface area (Å²) in [5.41, 5.74) is 5.97. The van der Waals surface area contributed by atoms with Crippen LogP contribution in [-0.2, 0) is 0 Å². The Labute approximate surface area is 139 Å². The summed E-state index contributed by atoms with van der Waals surface area (Å²) >= 11 is 0. The van der Waals surface area contributed by atoms with Crippen LogP contribution in [0.25, 0.3) is 16.6 Å². The number of amides is 1. The van der Waals surface area contributed by atoms with Crippen molar-refractivity contribution in [2.24, 2.45) is 0 Å². The lowest BCUT2D eigenvalue weighted by Gasteiger charge is -2.11. The van der Waals surface area contributed by atoms with E-state index in [1.165, 1.54) is 16.7 Å². The molecule has 7 nitrogen and oxygen atoms in total. The molecular formula is C16H10F2N6O. The van der Waals surface area contributed by atoms with Crippen molar-refractivity contribution >= 4 is 28.3 Å². The topological polar surface area (TPSA) is 84.2 Å². The second-order valence-corrected chi connectivity index (χ2v) is 5.17. The second kappa shape index (κ2) is 5.78. The molecule has 4 rings (SSSR count). The maximum Gasteiger partial charge on any atom is 0.290 e. The molecule has 3 heterocycles. The fourth-order valence-corrected chi connectivity index (χ4v) is 2.52. The lowest BCUT2D eigenvalue weighted by atomic mass is 10.2. The lowest BCUT2D eigenvalue weighted by Crippen LogP contribution is -2.30. The molecule has 0 unspecified atom stereocenters. The third-order valence-electron chi connectivity index (χ3n) is 3.57. The number of carbonyl (C=O) groups is 1. The molecule has 9 heteroatoms. The summed E-state index contributed by atoms with van der Waals surface area (Å²) in [6.07, 6.45) is 3.07. The summed E-state index contributed by atoms with van der Waals surface area (Å²) in [7, 11) is 0. The van der Waals surface area contributed by atoms with Crippen molar-refractivity contribution in [1.29, 1.82) is 0 Å². The molecule has 3 aromatic heterocycles. The van der Waals surface area contributed by atoms with Gasteiger partial charge in [-0.15, -0.1) is 5.10 Å². The summed E-state index contributed by atoms with van der Waals surface area (Å²) in [5.74, 6) is -1.75. The third-order valence-corrected chi connectivity index (χ3v) is 3.57. The number of hydrogen-bond donors (Lipinski definition) is 2. The van der Waals surface area contributed by atoms with Gasteiger partial charge in [-0.05, 0) is 24.3 Å². The fraction of sp³-hybridized carbons (Fsp3) is 0. The number of anilines is 1. The van der Waals surface area contributed by atoms with Gasteiger partial charge in [-0.1, -0.05) is 0 Å². The van der Waals surface area contributed by atoms with Gasteiger partial charge in [0.15, 0.2) is 17.3 Å². The van der Waals surface area contributed by atoms with E-state index in [0.29, 0.717) is 5.52 Å². The standard InChI is InChI=1S/C16H10F2N6O/c17-9-7-10(18)14-12(8-9)20-15(13-4-2-6-24(13)14)22-23-16(25)11-3-1-5-19-21-11/h1-8H,(H,20,22)(H,23,25). The number of nitrogens with one attached hydrogen (secondary N) is 2. The number of hydrazine groups is 1. The Morgan fingerprint density at radius 2 is 2.04 bits per heavy atom. The first-order valence-corrected chi connectivity index (χ1v) is 7.23. The fourth-order valence-electron chi connectivity index (χ4n) is 2.52. The number of rotatable bonds is 3. The van der Waals surface area contributed by atoms with E-state index in [-0.39, 0.29) is 22.5 Å². The number of carbonyl (C=O) groups excluding carboxylic acids is 1. The Kier molecular flexibility index (Phi) is 3.46. The van der Waals surface area contributed by atoms with Gasteiger partial charge in [0.05, 0.1) is 11.0 Å². The van der Waals surface area contributed by atoms with Crippen molar-refractivity contribution < 1.29 is 13.6 Å². The minimum Gasteiger partial charge on any atom is -0.309 e. The number of benzene rings is 1. The summed E-state index contributed by atoms with van der Waals surface area (Å²) in [5, 5.41) is 7.31. The summed E-state index contributed by atoms with van der Waals surface area (Å²) in [4.78, 5) is 16.2. The van der Waals surface area contributed by atoms with Crippen LogP contribution in [0.3, 0.4) is 0 Å². The van der Waals surface area contributed by atoms with Crippen molar-refractivity contribution in [3.05, 3.63) is 66.1 Å². The van der Waals surface area contributed by atoms with Gasteiger partial charge in [-0.2, -0.15) is 5.10 Å². The highest BCUT2D eigenvalue weighted by Crippen LogP contribution is 2.24. The van der Waals surface area contributed by atoms with Crippen LogP contribution in [0.2, 0.25) is 0 Å². The molecule has 0 aliphatic carbocycles. The predicted molar refractivity (Wildman–Crippen MR) is 85.7 cm³/mol. The van der Waals surface area contributed by atoms with E-state index in [0.717, 1.165) is 12.1 Å². The van der Waals surface area contributed by atoms with Gasteiger partial charge in [0, 0.05) is 24.5 Å². The van der Waals surface area contributed by atoms with Crippen LogP contribution in [0.5, 0.6) is 0 Å². The molecule has 124 valence electrons. The Morgan fingerprint density at radius 3 is 2.84 bits per heavy atom. The molecule has 1 amide bonds. The molecule has 1 aromatic carbocycles. The maximum absolute atomic E-state index is 14.1. The molecule has 0 radical (unpaired) electrons. The second-order valence-electron chi connectivity index (χ2n) is 5.17. The quantitative estimate of drug-likeness (QED) is 0.559. The van der Waals surface area contributed by atoms with Gasteiger partial charge in [-0.3, -0.25) is 15.6 Å². The molecular weight excluding hydrogens is 330 g/mol. The molecule has 0 saturated heterocycles. The minimum atomic E-state index is -0.737. The highest BCUT2D eigenvalue weighted by molar-refractivity contribution is 5.93. The van der Waals surface area contributed by atoms with E-state index in [1.54, 1.807) is 24.4 Å². The highest BCUT2D eigenvalue weighted by Gasteiger charge is 2.14. The van der Waals surface area contributed by atoms with Crippen LogP contribution in [0, 0.1) is 11.6 Å². The average molecular weight is 340 g/mol. The molecule has 0 fully saturated rings. The van der Waals surface area contributed by atoms with E-state index in [1.807, 2.05) is 0 Å². The molecule has 0 saturated carbocycles. The van der Waals surface area contributed by atoms with Crippen LogP contribution < -0.4 is 10.9 Å². The number of aromatic nitrogens is 4. The number of halogens is 2. The van der Waals surface area contributed by atoms with Crippen LogP contribution in [0.4, 0.5) is 14.6 Å². The van der Waals surface area contributed by atoms with Crippen LogP contribution in [-0.4, -0.2) is 25.5 Å². The SMILES string of the molecule is O=C(NNc1nc2cc(F)cc(F)c2n2cccc12)c1cccnn1. The summed E-state index contributed by atoms with van der Waals surface area (Å²) in [6.45, 7) is 0. The van der Waals surface area contributed by atoms with Gasteiger partial charge in [-0.25, -0.2) is 13.8 Å². The zero-order chi connectivity index (χ0) is 17.4. The maximum atomic E-state index is 14.1. The van der Waals surface area contributed by atoms with Crippen molar-refractivity contribution in [2.75, 3.05) is 5.43 Å².